The number of furan rings is 1. The van der Waals surface area contributed by atoms with Crippen LogP contribution in [0.25, 0.3) is 22.1 Å². The fourth-order valence-corrected chi connectivity index (χ4v) is 2.63. The molecule has 0 fully saturated rings. The number of para-hydroxylation sites is 1. The molecule has 116 valence electrons. The topological polar surface area (TPSA) is 80.0 Å². The van der Waals surface area contributed by atoms with Crippen molar-refractivity contribution in [3.63, 3.8) is 0 Å². The summed E-state index contributed by atoms with van der Waals surface area (Å²) in [5, 5.41) is 5.18. The van der Waals surface area contributed by atoms with E-state index < -0.39 is 0 Å². The number of benzene rings is 1. The van der Waals surface area contributed by atoms with Gasteiger partial charge in [0, 0.05) is 31.7 Å². The number of anilines is 1. The highest BCUT2D eigenvalue weighted by atomic mass is 16.3. The van der Waals surface area contributed by atoms with Crippen LogP contribution in [0.5, 0.6) is 0 Å². The first-order valence-corrected chi connectivity index (χ1v) is 7.23. The van der Waals surface area contributed by atoms with Crippen molar-refractivity contribution in [3.05, 3.63) is 52.7 Å². The maximum atomic E-state index is 12.3. The fraction of sp³-hybridized carbons (Fsp3) is 0.188. The third-order valence-corrected chi connectivity index (χ3v) is 3.76. The number of nitrogens with one attached hydrogen (secondary N) is 1. The smallest absolute Gasteiger partial charge is 0.294 e. The number of rotatable bonds is 3. The van der Waals surface area contributed by atoms with Crippen LogP contribution in [0, 0.1) is 0 Å². The zero-order valence-corrected chi connectivity index (χ0v) is 12.8. The normalized spacial score (nSPS) is 11.4. The van der Waals surface area contributed by atoms with Crippen LogP contribution >= 0.6 is 0 Å². The molecule has 0 atom stereocenters. The van der Waals surface area contributed by atoms with Crippen molar-refractivity contribution in [2.75, 3.05) is 11.9 Å². The van der Waals surface area contributed by atoms with E-state index >= 15 is 0 Å². The van der Waals surface area contributed by atoms with Gasteiger partial charge in [-0.05, 0) is 12.1 Å². The lowest BCUT2D eigenvalue weighted by molar-refractivity contribution is 0.658. The first-order chi connectivity index (χ1) is 11.1. The van der Waals surface area contributed by atoms with E-state index in [0.29, 0.717) is 23.5 Å². The molecule has 4 aromatic rings. The molecule has 0 amide bonds. The summed E-state index contributed by atoms with van der Waals surface area (Å²) in [5.74, 6) is 1.38. The molecular weight excluding hydrogens is 294 g/mol. The van der Waals surface area contributed by atoms with Crippen molar-refractivity contribution in [1.29, 1.82) is 0 Å². The van der Waals surface area contributed by atoms with Gasteiger partial charge < -0.3 is 14.3 Å². The van der Waals surface area contributed by atoms with E-state index in [-0.39, 0.29) is 11.1 Å². The predicted molar refractivity (Wildman–Crippen MR) is 87.5 cm³/mol. The molecule has 0 bridgehead atoms. The number of hydrogen-bond acceptors (Lipinski definition) is 5. The summed E-state index contributed by atoms with van der Waals surface area (Å²) in [6.07, 6.45) is 1.87. The Balaban J connectivity index is 1.78. The average Bonchev–Trinajstić information content (AvgIpc) is 3.12. The second kappa shape index (κ2) is 4.98. The van der Waals surface area contributed by atoms with Crippen LogP contribution in [0.15, 0.2) is 45.7 Å². The van der Waals surface area contributed by atoms with Gasteiger partial charge in [0.25, 0.3) is 5.56 Å². The average molecular weight is 309 g/mol. The maximum absolute atomic E-state index is 12.3. The summed E-state index contributed by atoms with van der Waals surface area (Å²) >= 11 is 0. The molecule has 0 radical (unpaired) electrons. The summed E-state index contributed by atoms with van der Waals surface area (Å²) < 4.78 is 7.33. The number of aryl methyl sites for hydroxylation is 1. The van der Waals surface area contributed by atoms with Gasteiger partial charge in [-0.15, -0.1) is 0 Å². The number of nitrogens with zero attached hydrogens (tertiary/aromatic N) is 4. The van der Waals surface area contributed by atoms with Crippen LogP contribution < -0.4 is 10.5 Å². The van der Waals surface area contributed by atoms with E-state index in [1.165, 1.54) is 0 Å². The first kappa shape index (κ1) is 13.6. The standard InChI is InChI=1S/C16H15N5O2/c1-20(13-7-8-21(2)19-13)9-12-17-14-10-5-3-4-6-11(10)23-15(14)16(22)18-12/h3-8H,9H2,1-2H3,(H,17,18,22). The minimum atomic E-state index is -0.268. The van der Waals surface area contributed by atoms with Crippen LogP contribution in [0.3, 0.4) is 0 Å². The third kappa shape index (κ3) is 2.26. The van der Waals surface area contributed by atoms with E-state index in [1.807, 2.05) is 55.5 Å². The number of hydrogen-bond donors (Lipinski definition) is 1. The molecule has 0 spiro atoms. The van der Waals surface area contributed by atoms with Crippen LogP contribution in [0.1, 0.15) is 5.82 Å². The highest BCUT2D eigenvalue weighted by Crippen LogP contribution is 2.24. The van der Waals surface area contributed by atoms with E-state index in [0.717, 1.165) is 11.2 Å². The van der Waals surface area contributed by atoms with Crippen molar-refractivity contribution < 1.29 is 4.42 Å². The molecule has 3 heterocycles. The minimum Gasteiger partial charge on any atom is -0.449 e. The predicted octanol–water partition coefficient (Wildman–Crippen LogP) is 2.04. The second-order valence-corrected chi connectivity index (χ2v) is 5.49. The molecule has 0 aliphatic carbocycles. The number of aromatic amines is 1. The lowest BCUT2D eigenvalue weighted by atomic mass is 10.2. The Morgan fingerprint density at radius 2 is 2.13 bits per heavy atom. The van der Waals surface area contributed by atoms with Gasteiger partial charge in [-0.2, -0.15) is 5.10 Å². The third-order valence-electron chi connectivity index (χ3n) is 3.76. The summed E-state index contributed by atoms with van der Waals surface area (Å²) in [7, 11) is 3.77. The molecule has 3 aromatic heterocycles. The van der Waals surface area contributed by atoms with E-state index in [1.54, 1.807) is 4.68 Å². The maximum Gasteiger partial charge on any atom is 0.294 e. The highest BCUT2D eigenvalue weighted by Gasteiger charge is 2.14. The Labute approximate surface area is 131 Å². The Morgan fingerprint density at radius 1 is 1.30 bits per heavy atom. The van der Waals surface area contributed by atoms with Gasteiger partial charge in [0.05, 0.1) is 6.54 Å². The Hall–Kier alpha value is -3.09. The van der Waals surface area contributed by atoms with Gasteiger partial charge in [0.1, 0.15) is 16.9 Å². The van der Waals surface area contributed by atoms with Crippen molar-refractivity contribution in [2.24, 2.45) is 7.05 Å². The Bertz CT molecular complexity index is 1060. The number of aromatic nitrogens is 4. The SMILES string of the molecule is CN(Cc1nc2c(oc3ccccc32)c(=O)[nH]1)c1ccn(C)n1. The monoisotopic (exact) mass is 309 g/mol. The number of H-pyrrole nitrogens is 1. The molecule has 1 aromatic carbocycles. The van der Waals surface area contributed by atoms with Crippen LogP contribution in [0.4, 0.5) is 5.82 Å². The van der Waals surface area contributed by atoms with E-state index in [2.05, 4.69) is 15.1 Å². The number of fused-ring (bicyclic) bond motifs is 3. The molecule has 0 saturated heterocycles. The van der Waals surface area contributed by atoms with Gasteiger partial charge >= 0.3 is 0 Å². The zero-order chi connectivity index (χ0) is 16.0. The molecule has 0 saturated carbocycles. The lowest BCUT2D eigenvalue weighted by Crippen LogP contribution is -2.21. The van der Waals surface area contributed by atoms with Crippen molar-refractivity contribution >= 4 is 27.9 Å². The molecule has 7 nitrogen and oxygen atoms in total. The molecule has 0 unspecified atom stereocenters. The molecule has 4 rings (SSSR count). The quantitative estimate of drug-likeness (QED) is 0.626. The first-order valence-electron chi connectivity index (χ1n) is 7.23. The fourth-order valence-electron chi connectivity index (χ4n) is 2.63. The van der Waals surface area contributed by atoms with Gasteiger partial charge in [-0.1, -0.05) is 12.1 Å². The van der Waals surface area contributed by atoms with Gasteiger partial charge in [-0.3, -0.25) is 9.48 Å². The van der Waals surface area contributed by atoms with E-state index in [4.69, 9.17) is 4.42 Å². The molecular formula is C16H15N5O2. The molecule has 7 heteroatoms. The largest absolute Gasteiger partial charge is 0.449 e. The summed E-state index contributed by atoms with van der Waals surface area (Å²) in [4.78, 5) is 21.5. The highest BCUT2D eigenvalue weighted by molar-refractivity contribution is 6.01. The summed E-state index contributed by atoms with van der Waals surface area (Å²) in [6, 6.07) is 9.41. The van der Waals surface area contributed by atoms with Crippen LogP contribution in [0.2, 0.25) is 0 Å². The van der Waals surface area contributed by atoms with Crippen molar-refractivity contribution in [3.8, 4) is 0 Å². The van der Waals surface area contributed by atoms with Crippen LogP contribution in [-0.4, -0.2) is 26.8 Å². The zero-order valence-electron chi connectivity index (χ0n) is 12.8. The molecule has 23 heavy (non-hydrogen) atoms. The second-order valence-electron chi connectivity index (χ2n) is 5.49. The minimum absolute atomic E-state index is 0.260. The molecule has 1 N–H and O–H groups in total. The molecule has 0 aliphatic heterocycles. The Kier molecular flexibility index (Phi) is 2.94. The van der Waals surface area contributed by atoms with Crippen molar-refractivity contribution in [1.82, 2.24) is 19.7 Å². The lowest BCUT2D eigenvalue weighted by Gasteiger charge is -2.15. The van der Waals surface area contributed by atoms with Gasteiger partial charge in [0.2, 0.25) is 5.58 Å². The van der Waals surface area contributed by atoms with Crippen LogP contribution in [-0.2, 0) is 13.6 Å². The summed E-state index contributed by atoms with van der Waals surface area (Å²) in [6.45, 7) is 0.446. The van der Waals surface area contributed by atoms with Gasteiger partial charge in [0.15, 0.2) is 5.82 Å². The molecule has 0 aliphatic rings. The van der Waals surface area contributed by atoms with Gasteiger partial charge in [-0.25, -0.2) is 4.98 Å². The van der Waals surface area contributed by atoms with E-state index in [9.17, 15) is 4.79 Å². The van der Waals surface area contributed by atoms with Crippen molar-refractivity contribution in [2.45, 2.75) is 6.54 Å². The Morgan fingerprint density at radius 3 is 2.91 bits per heavy atom. The summed E-state index contributed by atoms with van der Waals surface area (Å²) in [5.41, 5.74) is 1.25.